The molecule has 3 heterocycles. The van der Waals surface area contributed by atoms with E-state index >= 15 is 0 Å². The lowest BCUT2D eigenvalue weighted by Crippen LogP contribution is -2.50. The van der Waals surface area contributed by atoms with Crippen molar-refractivity contribution in [1.29, 1.82) is 0 Å². The lowest BCUT2D eigenvalue weighted by Gasteiger charge is -2.35. The molecule has 3 N–H and O–H groups in total. The van der Waals surface area contributed by atoms with Gasteiger partial charge >= 0.3 is 0 Å². The summed E-state index contributed by atoms with van der Waals surface area (Å²) in [5.74, 6) is 1.29. The van der Waals surface area contributed by atoms with Crippen molar-refractivity contribution in [3.05, 3.63) is 12.3 Å². The maximum absolute atomic E-state index is 5.81. The molecule has 1 saturated heterocycles. The number of nitrogens with one attached hydrogen (secondary N) is 1. The summed E-state index contributed by atoms with van der Waals surface area (Å²) in [6.07, 6.45) is 2.00. The Morgan fingerprint density at radius 1 is 1.44 bits per heavy atom. The average Bonchev–Trinajstić information content (AvgIpc) is 2.71. The van der Waals surface area contributed by atoms with Gasteiger partial charge in [-0.3, -0.25) is 0 Å². The summed E-state index contributed by atoms with van der Waals surface area (Å²) in [6, 6.07) is 2.38. The van der Waals surface area contributed by atoms with Gasteiger partial charge in [0.25, 0.3) is 0 Å². The van der Waals surface area contributed by atoms with E-state index in [1.165, 1.54) is 0 Å². The Morgan fingerprint density at radius 2 is 2.28 bits per heavy atom. The van der Waals surface area contributed by atoms with Crippen LogP contribution in [0.4, 0.5) is 11.8 Å². The van der Waals surface area contributed by atoms with E-state index < -0.39 is 0 Å². The number of rotatable bonds is 1. The van der Waals surface area contributed by atoms with Crippen LogP contribution in [-0.2, 0) is 7.05 Å². The number of hydrogen-bond acceptors (Lipinski definition) is 5. The number of nitrogens with zero attached hydrogens (tertiary/aromatic N) is 4. The molecule has 18 heavy (non-hydrogen) atoms. The zero-order chi connectivity index (χ0) is 12.7. The van der Waals surface area contributed by atoms with Crippen LogP contribution in [0.3, 0.4) is 0 Å². The van der Waals surface area contributed by atoms with Crippen molar-refractivity contribution in [2.24, 2.45) is 7.05 Å². The van der Waals surface area contributed by atoms with Gasteiger partial charge in [0.1, 0.15) is 5.52 Å². The quantitative estimate of drug-likeness (QED) is 0.759. The Kier molecular flexibility index (Phi) is 2.59. The first-order chi connectivity index (χ1) is 8.66. The molecule has 1 fully saturated rings. The fourth-order valence-electron chi connectivity index (χ4n) is 2.54. The summed E-state index contributed by atoms with van der Waals surface area (Å²) >= 11 is 0. The van der Waals surface area contributed by atoms with Crippen molar-refractivity contribution in [2.45, 2.75) is 13.0 Å². The minimum Gasteiger partial charge on any atom is -0.368 e. The molecular weight excluding hydrogens is 228 g/mol. The SMILES string of the molecule is C[C@H]1CNCCN1c1nc(N)nc2ccn(C)c12. The third-order valence-electron chi connectivity index (χ3n) is 3.49. The lowest BCUT2D eigenvalue weighted by molar-refractivity contribution is 0.498. The van der Waals surface area contributed by atoms with Gasteiger partial charge in [-0.05, 0) is 13.0 Å². The minimum absolute atomic E-state index is 0.342. The van der Waals surface area contributed by atoms with Gasteiger partial charge in [0.15, 0.2) is 5.82 Å². The van der Waals surface area contributed by atoms with Crippen LogP contribution >= 0.6 is 0 Å². The molecule has 0 radical (unpaired) electrons. The molecule has 1 atom stereocenters. The summed E-state index contributed by atoms with van der Waals surface area (Å²) in [6.45, 7) is 5.08. The number of aryl methyl sites for hydroxylation is 1. The maximum atomic E-state index is 5.81. The van der Waals surface area contributed by atoms with Crippen LogP contribution in [0.2, 0.25) is 0 Å². The highest BCUT2D eigenvalue weighted by molar-refractivity contribution is 5.88. The molecule has 1 aliphatic heterocycles. The molecule has 96 valence electrons. The minimum atomic E-state index is 0.342. The molecule has 6 nitrogen and oxygen atoms in total. The van der Waals surface area contributed by atoms with Crippen molar-refractivity contribution < 1.29 is 0 Å². The van der Waals surface area contributed by atoms with Gasteiger partial charge in [0.05, 0.1) is 5.52 Å². The van der Waals surface area contributed by atoms with E-state index in [-0.39, 0.29) is 0 Å². The molecule has 0 aromatic carbocycles. The molecule has 0 bridgehead atoms. The molecule has 1 aliphatic rings. The molecule has 0 amide bonds. The second kappa shape index (κ2) is 4.13. The number of anilines is 2. The van der Waals surface area contributed by atoms with Gasteiger partial charge in [-0.15, -0.1) is 0 Å². The highest BCUT2D eigenvalue weighted by Gasteiger charge is 2.23. The Labute approximate surface area is 106 Å². The second-order valence-corrected chi connectivity index (χ2v) is 4.81. The van der Waals surface area contributed by atoms with E-state index in [9.17, 15) is 0 Å². The molecular formula is C12H18N6. The van der Waals surface area contributed by atoms with Gasteiger partial charge in [-0.25, -0.2) is 4.98 Å². The number of fused-ring (bicyclic) bond motifs is 1. The summed E-state index contributed by atoms with van der Waals surface area (Å²) in [5, 5.41) is 3.38. The van der Waals surface area contributed by atoms with Crippen LogP contribution in [0.1, 0.15) is 6.92 Å². The maximum Gasteiger partial charge on any atom is 0.222 e. The molecule has 6 heteroatoms. The monoisotopic (exact) mass is 246 g/mol. The normalized spacial score (nSPS) is 20.6. The van der Waals surface area contributed by atoms with Gasteiger partial charge in [0.2, 0.25) is 5.95 Å². The van der Waals surface area contributed by atoms with Crippen molar-refractivity contribution in [1.82, 2.24) is 19.9 Å². The van der Waals surface area contributed by atoms with Crippen LogP contribution in [0, 0.1) is 0 Å². The van der Waals surface area contributed by atoms with E-state index in [0.717, 1.165) is 36.5 Å². The highest BCUT2D eigenvalue weighted by atomic mass is 15.3. The van der Waals surface area contributed by atoms with Gasteiger partial charge in [-0.1, -0.05) is 0 Å². The fourth-order valence-corrected chi connectivity index (χ4v) is 2.54. The van der Waals surface area contributed by atoms with Crippen molar-refractivity contribution in [3.63, 3.8) is 0 Å². The Bertz CT molecular complexity index is 575. The molecule has 0 unspecified atom stereocenters. The topological polar surface area (TPSA) is 72.0 Å². The molecule has 2 aromatic heterocycles. The smallest absolute Gasteiger partial charge is 0.222 e. The zero-order valence-corrected chi connectivity index (χ0v) is 10.7. The molecule has 2 aromatic rings. The van der Waals surface area contributed by atoms with E-state index in [2.05, 4.69) is 31.7 Å². The molecule has 0 spiro atoms. The first kappa shape index (κ1) is 11.3. The lowest BCUT2D eigenvalue weighted by atomic mass is 10.2. The van der Waals surface area contributed by atoms with Crippen molar-refractivity contribution in [3.8, 4) is 0 Å². The molecule has 0 saturated carbocycles. The number of nitrogens with two attached hydrogens (primary N) is 1. The van der Waals surface area contributed by atoms with Gasteiger partial charge in [-0.2, -0.15) is 4.98 Å². The van der Waals surface area contributed by atoms with E-state index in [4.69, 9.17) is 5.73 Å². The van der Waals surface area contributed by atoms with Crippen LogP contribution in [-0.4, -0.2) is 40.2 Å². The van der Waals surface area contributed by atoms with E-state index in [1.54, 1.807) is 0 Å². The van der Waals surface area contributed by atoms with Crippen molar-refractivity contribution in [2.75, 3.05) is 30.3 Å². The second-order valence-electron chi connectivity index (χ2n) is 4.81. The summed E-state index contributed by atoms with van der Waals surface area (Å²) < 4.78 is 2.05. The standard InChI is InChI=1S/C12H18N6/c1-8-7-14-4-6-18(8)11-10-9(3-5-17(10)2)15-12(13)16-11/h3,5,8,14H,4,6-7H2,1-2H3,(H2,13,15,16)/t8-/m0/s1. The molecule has 0 aliphatic carbocycles. The zero-order valence-electron chi connectivity index (χ0n) is 10.7. The summed E-state index contributed by atoms with van der Waals surface area (Å²) in [7, 11) is 2.01. The average molecular weight is 246 g/mol. The van der Waals surface area contributed by atoms with Crippen molar-refractivity contribution >= 4 is 22.8 Å². The third-order valence-corrected chi connectivity index (χ3v) is 3.49. The summed E-state index contributed by atoms with van der Waals surface area (Å²) in [5.41, 5.74) is 7.77. The van der Waals surface area contributed by atoms with E-state index in [0.29, 0.717) is 12.0 Å². The summed E-state index contributed by atoms with van der Waals surface area (Å²) in [4.78, 5) is 11.0. The first-order valence-corrected chi connectivity index (χ1v) is 6.22. The predicted octanol–water partition coefficient (Wildman–Crippen LogP) is 0.349. The predicted molar refractivity (Wildman–Crippen MR) is 72.6 cm³/mol. The first-order valence-electron chi connectivity index (χ1n) is 6.22. The Hall–Kier alpha value is -1.82. The largest absolute Gasteiger partial charge is 0.368 e. The number of aromatic nitrogens is 3. The number of hydrogen-bond donors (Lipinski definition) is 2. The molecule has 3 rings (SSSR count). The van der Waals surface area contributed by atoms with Gasteiger partial charge < -0.3 is 20.5 Å². The third kappa shape index (κ3) is 1.69. The Balaban J connectivity index is 2.17. The number of piperazine rings is 1. The highest BCUT2D eigenvalue weighted by Crippen LogP contribution is 2.26. The van der Waals surface area contributed by atoms with Crippen LogP contribution in [0.5, 0.6) is 0 Å². The van der Waals surface area contributed by atoms with Crippen LogP contribution in [0.25, 0.3) is 11.0 Å². The van der Waals surface area contributed by atoms with Crippen LogP contribution < -0.4 is 16.0 Å². The Morgan fingerprint density at radius 3 is 3.06 bits per heavy atom. The number of nitrogen functional groups attached to an aromatic ring is 1. The van der Waals surface area contributed by atoms with Gasteiger partial charge in [0, 0.05) is 38.9 Å². The van der Waals surface area contributed by atoms with Crippen LogP contribution in [0.15, 0.2) is 12.3 Å². The fraction of sp³-hybridized carbons (Fsp3) is 0.500. The van der Waals surface area contributed by atoms with E-state index in [1.807, 2.05) is 19.3 Å².